The van der Waals surface area contributed by atoms with Gasteiger partial charge in [-0.25, -0.2) is 8.78 Å². The second kappa shape index (κ2) is 7.31. The number of halogens is 3. The third kappa shape index (κ3) is 4.11. The van der Waals surface area contributed by atoms with E-state index in [2.05, 4.69) is 21.2 Å². The van der Waals surface area contributed by atoms with Crippen molar-refractivity contribution in [1.29, 1.82) is 0 Å². The van der Waals surface area contributed by atoms with E-state index < -0.39 is 17.5 Å². The smallest absolute Gasteiger partial charge is 0.254 e. The molecule has 5 heteroatoms. The summed E-state index contributed by atoms with van der Waals surface area (Å²) < 4.78 is 26.7. The lowest BCUT2D eigenvalue weighted by Crippen LogP contribution is -2.38. The molecule has 1 amide bonds. The van der Waals surface area contributed by atoms with E-state index >= 15 is 0 Å². The summed E-state index contributed by atoms with van der Waals surface area (Å²) in [4.78, 5) is 12.0. The molecule has 2 aromatic rings. The molecule has 0 saturated carbocycles. The number of hydrogen-bond acceptors (Lipinski definition) is 1. The van der Waals surface area contributed by atoms with E-state index in [0.29, 0.717) is 11.8 Å². The molecule has 2 rings (SSSR count). The average molecular weight is 354 g/mol. The second-order valence-corrected chi connectivity index (χ2v) is 5.26. The number of hydrogen-bond donors (Lipinski definition) is 1. The number of alkyl halides is 1. The minimum Gasteiger partial charge on any atom is -0.348 e. The molecule has 0 aliphatic rings. The highest BCUT2D eigenvalue weighted by atomic mass is 79.9. The fourth-order valence-electron chi connectivity index (χ4n) is 1.99. The zero-order chi connectivity index (χ0) is 15.2. The van der Waals surface area contributed by atoms with Crippen molar-refractivity contribution in [3.05, 3.63) is 71.3 Å². The molecule has 0 fully saturated rings. The molecule has 110 valence electrons. The van der Waals surface area contributed by atoms with Gasteiger partial charge < -0.3 is 5.32 Å². The van der Waals surface area contributed by atoms with Crippen molar-refractivity contribution in [3.63, 3.8) is 0 Å². The Morgan fingerprint density at radius 1 is 1.10 bits per heavy atom. The Hall–Kier alpha value is -1.75. The largest absolute Gasteiger partial charge is 0.348 e. The molecule has 21 heavy (non-hydrogen) atoms. The SMILES string of the molecule is O=C(NC(CBr)Cc1ccccc1)c1cccc(F)c1F. The van der Waals surface area contributed by atoms with E-state index in [4.69, 9.17) is 0 Å². The zero-order valence-electron chi connectivity index (χ0n) is 11.2. The number of carbonyl (C=O) groups is 1. The number of amides is 1. The Kier molecular flexibility index (Phi) is 5.44. The van der Waals surface area contributed by atoms with Crippen LogP contribution in [0.1, 0.15) is 15.9 Å². The van der Waals surface area contributed by atoms with Gasteiger partial charge >= 0.3 is 0 Å². The molecule has 0 heterocycles. The van der Waals surface area contributed by atoms with Crippen LogP contribution >= 0.6 is 15.9 Å². The van der Waals surface area contributed by atoms with E-state index in [1.165, 1.54) is 12.1 Å². The normalized spacial score (nSPS) is 12.0. The van der Waals surface area contributed by atoms with Crippen LogP contribution in [0, 0.1) is 11.6 Å². The van der Waals surface area contributed by atoms with Gasteiger partial charge in [0, 0.05) is 11.4 Å². The monoisotopic (exact) mass is 353 g/mol. The molecule has 2 nitrogen and oxygen atoms in total. The van der Waals surface area contributed by atoms with Crippen LogP contribution in [-0.2, 0) is 6.42 Å². The molecule has 0 bridgehead atoms. The number of carbonyl (C=O) groups excluding carboxylic acids is 1. The van der Waals surface area contributed by atoms with Crippen LogP contribution in [-0.4, -0.2) is 17.3 Å². The van der Waals surface area contributed by atoms with E-state index in [0.717, 1.165) is 11.6 Å². The van der Waals surface area contributed by atoms with Gasteiger partial charge in [0.15, 0.2) is 11.6 Å². The first kappa shape index (κ1) is 15.6. The molecule has 1 atom stereocenters. The number of benzene rings is 2. The van der Waals surface area contributed by atoms with Gasteiger partial charge in [0.25, 0.3) is 5.91 Å². The molecular weight excluding hydrogens is 340 g/mol. The Morgan fingerprint density at radius 3 is 2.48 bits per heavy atom. The maximum Gasteiger partial charge on any atom is 0.254 e. The minimum absolute atomic E-state index is 0.206. The van der Waals surface area contributed by atoms with Gasteiger partial charge in [-0.3, -0.25) is 4.79 Å². The zero-order valence-corrected chi connectivity index (χ0v) is 12.7. The van der Waals surface area contributed by atoms with E-state index in [9.17, 15) is 13.6 Å². The lowest BCUT2D eigenvalue weighted by molar-refractivity contribution is 0.0936. The summed E-state index contributed by atoms with van der Waals surface area (Å²) in [5.41, 5.74) is 0.774. The molecular formula is C16H14BrF2NO. The molecule has 0 saturated heterocycles. The number of rotatable bonds is 5. The topological polar surface area (TPSA) is 29.1 Å². The van der Waals surface area contributed by atoms with Crippen molar-refractivity contribution < 1.29 is 13.6 Å². The highest BCUT2D eigenvalue weighted by molar-refractivity contribution is 9.09. The molecule has 0 radical (unpaired) electrons. The first-order chi connectivity index (χ1) is 10.1. The Balaban J connectivity index is 2.08. The van der Waals surface area contributed by atoms with Crippen molar-refractivity contribution in [2.75, 3.05) is 5.33 Å². The highest BCUT2D eigenvalue weighted by Crippen LogP contribution is 2.12. The fraction of sp³-hybridized carbons (Fsp3) is 0.188. The van der Waals surface area contributed by atoms with Crippen molar-refractivity contribution in [2.45, 2.75) is 12.5 Å². The molecule has 1 unspecified atom stereocenters. The van der Waals surface area contributed by atoms with Gasteiger partial charge in [-0.05, 0) is 24.1 Å². The molecule has 2 aromatic carbocycles. The molecule has 0 aliphatic heterocycles. The van der Waals surface area contributed by atoms with Crippen LogP contribution in [0.4, 0.5) is 8.78 Å². The third-order valence-corrected chi connectivity index (χ3v) is 3.82. The van der Waals surface area contributed by atoms with Crippen LogP contribution in [0.3, 0.4) is 0 Å². The summed E-state index contributed by atoms with van der Waals surface area (Å²) in [6, 6.07) is 13.0. The molecule has 1 N–H and O–H groups in total. The standard InChI is InChI=1S/C16H14BrF2NO/c17-10-12(9-11-5-2-1-3-6-11)20-16(21)13-7-4-8-14(18)15(13)19/h1-8,12H,9-10H2,(H,20,21). The Bertz CT molecular complexity index is 619. The number of nitrogens with one attached hydrogen (secondary N) is 1. The van der Waals surface area contributed by atoms with Crippen LogP contribution in [0.25, 0.3) is 0 Å². The lowest BCUT2D eigenvalue weighted by atomic mass is 10.1. The lowest BCUT2D eigenvalue weighted by Gasteiger charge is -2.16. The van der Waals surface area contributed by atoms with E-state index in [-0.39, 0.29) is 11.6 Å². The summed E-state index contributed by atoms with van der Waals surface area (Å²) in [7, 11) is 0. The van der Waals surface area contributed by atoms with Crippen LogP contribution < -0.4 is 5.32 Å². The van der Waals surface area contributed by atoms with Crippen molar-refractivity contribution in [2.24, 2.45) is 0 Å². The van der Waals surface area contributed by atoms with Crippen LogP contribution in [0.5, 0.6) is 0 Å². The summed E-state index contributed by atoms with van der Waals surface area (Å²) >= 11 is 3.32. The summed E-state index contributed by atoms with van der Waals surface area (Å²) in [6.45, 7) is 0. The van der Waals surface area contributed by atoms with E-state index in [1.807, 2.05) is 30.3 Å². The van der Waals surface area contributed by atoms with Crippen LogP contribution in [0.15, 0.2) is 48.5 Å². The van der Waals surface area contributed by atoms with Crippen molar-refractivity contribution in [1.82, 2.24) is 5.32 Å². The van der Waals surface area contributed by atoms with Gasteiger partial charge in [-0.15, -0.1) is 0 Å². The van der Waals surface area contributed by atoms with Gasteiger partial charge in [0.2, 0.25) is 0 Å². The molecule has 0 aromatic heterocycles. The van der Waals surface area contributed by atoms with Crippen molar-refractivity contribution >= 4 is 21.8 Å². The van der Waals surface area contributed by atoms with Gasteiger partial charge in [-0.1, -0.05) is 52.3 Å². The Morgan fingerprint density at radius 2 is 1.81 bits per heavy atom. The fourth-order valence-corrected chi connectivity index (χ4v) is 2.38. The first-order valence-corrected chi connectivity index (χ1v) is 7.58. The Labute approximate surface area is 130 Å². The van der Waals surface area contributed by atoms with E-state index in [1.54, 1.807) is 0 Å². The average Bonchev–Trinajstić information content (AvgIpc) is 2.50. The van der Waals surface area contributed by atoms with Gasteiger partial charge in [0.1, 0.15) is 0 Å². The second-order valence-electron chi connectivity index (χ2n) is 4.62. The third-order valence-electron chi connectivity index (χ3n) is 3.04. The first-order valence-electron chi connectivity index (χ1n) is 6.46. The summed E-state index contributed by atoms with van der Waals surface area (Å²) in [5.74, 6) is -2.77. The maximum atomic E-state index is 13.6. The maximum absolute atomic E-state index is 13.6. The predicted octanol–water partition coefficient (Wildman–Crippen LogP) is 3.70. The highest BCUT2D eigenvalue weighted by Gasteiger charge is 2.18. The van der Waals surface area contributed by atoms with Gasteiger partial charge in [0.05, 0.1) is 5.56 Å². The quantitative estimate of drug-likeness (QED) is 0.815. The minimum atomic E-state index is -1.12. The van der Waals surface area contributed by atoms with Crippen LogP contribution in [0.2, 0.25) is 0 Å². The predicted molar refractivity (Wildman–Crippen MR) is 81.6 cm³/mol. The summed E-state index contributed by atoms with van der Waals surface area (Å²) in [5, 5.41) is 3.23. The molecule has 0 aliphatic carbocycles. The van der Waals surface area contributed by atoms with Crippen molar-refractivity contribution in [3.8, 4) is 0 Å². The summed E-state index contributed by atoms with van der Waals surface area (Å²) in [6.07, 6.45) is 0.606. The van der Waals surface area contributed by atoms with Gasteiger partial charge in [-0.2, -0.15) is 0 Å². The molecule has 0 spiro atoms.